The number of alkyl halides is 11. The number of carbonyl (C=O) groups excluding carboxylic acids is 4. The van der Waals surface area contributed by atoms with Gasteiger partial charge in [-0.25, -0.2) is 37.9 Å². The van der Waals surface area contributed by atoms with Crippen LogP contribution in [0.4, 0.5) is 28.0 Å². The molecule has 0 saturated carbocycles. The van der Waals surface area contributed by atoms with Crippen LogP contribution in [0.5, 0.6) is 0 Å². The second-order valence-electron chi connectivity index (χ2n) is 24.7. The van der Waals surface area contributed by atoms with E-state index in [0.717, 1.165) is 38.7 Å². The minimum atomic E-state index is -2.40. The van der Waals surface area contributed by atoms with Crippen molar-refractivity contribution in [1.82, 2.24) is 40.0 Å². The number of hydrogen-bond acceptors (Lipinski definition) is 12. The van der Waals surface area contributed by atoms with Crippen LogP contribution in [-0.2, 0) is 36.8 Å². The van der Waals surface area contributed by atoms with Crippen molar-refractivity contribution in [2.45, 2.75) is 144 Å². The quantitative estimate of drug-likeness (QED) is 0.0420. The maximum Gasteiger partial charge on any atom is 0.515 e. The van der Waals surface area contributed by atoms with E-state index in [0.29, 0.717) is 24.6 Å². The summed E-state index contributed by atoms with van der Waals surface area (Å²) in [6.45, 7) is 22.5. The van der Waals surface area contributed by atoms with E-state index in [2.05, 4.69) is 69.1 Å². The molecule has 3 amide bonds. The predicted octanol–water partition coefficient (Wildman–Crippen LogP) is 18.2. The first-order valence-corrected chi connectivity index (χ1v) is 31.7. The molecule has 6 rings (SSSR count). The molecule has 0 unspecified atom stereocenters. The molecule has 2 heterocycles. The maximum atomic E-state index is 15.6. The van der Waals surface area contributed by atoms with Gasteiger partial charge in [0, 0.05) is 43.2 Å². The monoisotopic (exact) mass is 1440 g/mol. The first-order valence-electron chi connectivity index (χ1n) is 28.3. The van der Waals surface area contributed by atoms with Gasteiger partial charge in [0.05, 0.1) is 43.1 Å². The van der Waals surface area contributed by atoms with E-state index in [-0.39, 0.29) is 24.5 Å². The Morgan fingerprint density at radius 1 is 0.484 bits per heavy atom. The number of carbonyl (C=O) groups is 4. The molecule has 500 valence electrons. The highest BCUT2D eigenvalue weighted by Crippen LogP contribution is 2.42. The number of benzene rings is 4. The van der Waals surface area contributed by atoms with Crippen LogP contribution in [0, 0.1) is 10.8 Å². The Kier molecular flexibility index (Phi) is 29.5. The molecule has 4 aromatic carbocycles. The molecule has 0 aliphatic rings. The Bertz CT molecular complexity index is 3200. The van der Waals surface area contributed by atoms with E-state index < -0.39 is 84.5 Å². The van der Waals surface area contributed by atoms with Crippen LogP contribution in [0.3, 0.4) is 0 Å². The van der Waals surface area contributed by atoms with Crippen LogP contribution >= 0.6 is 104 Å². The summed E-state index contributed by atoms with van der Waals surface area (Å²) in [7, 11) is 0. The zero-order valence-electron chi connectivity index (χ0n) is 52.3. The molecule has 91 heavy (non-hydrogen) atoms. The van der Waals surface area contributed by atoms with E-state index >= 15 is 4.39 Å². The van der Waals surface area contributed by atoms with E-state index in [4.69, 9.17) is 129 Å². The molecular weight excluding hydrogens is 1370 g/mol. The fraction of sp³-hybridized carbons (Fsp3) is 0.460. The van der Waals surface area contributed by atoms with Crippen molar-refractivity contribution >= 4 is 129 Å². The molecule has 0 spiro atoms. The second kappa shape index (κ2) is 34.3. The van der Waals surface area contributed by atoms with Gasteiger partial charge in [-0.1, -0.05) is 163 Å². The molecule has 28 heteroatoms. The smallest absolute Gasteiger partial charge is 0.444 e. The Hall–Kier alpha value is -5.19. The van der Waals surface area contributed by atoms with Crippen molar-refractivity contribution in [1.29, 1.82) is 0 Å². The number of hydrogen-bond donors (Lipinski definition) is 3. The maximum absolute atomic E-state index is 15.6. The molecule has 0 aliphatic carbocycles. The minimum absolute atomic E-state index is 0.0661. The van der Waals surface area contributed by atoms with E-state index in [1.807, 2.05) is 141 Å². The second-order valence-corrected chi connectivity index (χ2v) is 31.2. The largest absolute Gasteiger partial charge is 0.515 e. The van der Waals surface area contributed by atoms with Gasteiger partial charge in [0.2, 0.25) is 0 Å². The van der Waals surface area contributed by atoms with Crippen LogP contribution in [0.2, 0.25) is 0 Å². The molecule has 2 aromatic heterocycles. The highest BCUT2D eigenvalue weighted by Gasteiger charge is 2.43. The van der Waals surface area contributed by atoms with Gasteiger partial charge >= 0.3 is 36.4 Å². The van der Waals surface area contributed by atoms with Gasteiger partial charge in [0.15, 0.2) is 0 Å². The van der Waals surface area contributed by atoms with E-state index in [9.17, 15) is 23.6 Å². The minimum Gasteiger partial charge on any atom is -0.444 e. The molecule has 6 aromatic rings. The summed E-state index contributed by atoms with van der Waals surface area (Å²) < 4.78 is 51.1. The average Bonchev–Trinajstić information content (AvgIpc) is 1.75. The molecule has 0 aliphatic heterocycles. The van der Waals surface area contributed by atoms with E-state index in [1.54, 1.807) is 41.5 Å². The molecule has 0 saturated heterocycles. The topological polar surface area (TPSA) is 189 Å². The van der Waals surface area contributed by atoms with Gasteiger partial charge in [0.25, 0.3) is 0 Å². The third-order valence-corrected chi connectivity index (χ3v) is 12.8. The number of alkyl carbamates (subject to hydrolysis) is 2. The SMILES string of the molecule is CC(C)(C)OC(=O)NC[C@@H](F)CN(C(=O)OC(Cl)(Cl)Cl)[C@@H](c1nc(-c2ccccc2)cn1Cc1ccccc1)C(C)(C)C.CC(C)(C)OC(=O)NC[C@@H](F)CN[C@@H](c1nc(-c2ccccc2)cn1Cc1ccccc1)C(C)(C)C.O=C(OC(Cl)(Cl)Cl)OC(Cl)(Cl)Cl. The third-order valence-electron chi connectivity index (χ3n) is 12.2. The number of aromatic nitrogens is 4. The highest BCUT2D eigenvalue weighted by atomic mass is 35.6. The number of ether oxygens (including phenoxy) is 5. The Morgan fingerprint density at radius 2 is 0.846 bits per heavy atom. The molecule has 0 bridgehead atoms. The summed E-state index contributed by atoms with van der Waals surface area (Å²) in [6.07, 6.45) is -2.93. The van der Waals surface area contributed by atoms with Crippen LogP contribution < -0.4 is 16.0 Å². The lowest BCUT2D eigenvalue weighted by Gasteiger charge is -2.40. The fourth-order valence-electron chi connectivity index (χ4n) is 8.66. The fourth-order valence-corrected chi connectivity index (χ4v) is 9.24. The van der Waals surface area contributed by atoms with Gasteiger partial charge in [-0.05, 0) is 168 Å². The van der Waals surface area contributed by atoms with Gasteiger partial charge in [-0.2, -0.15) is 0 Å². The lowest BCUT2D eigenvalue weighted by Crippen LogP contribution is -2.48. The average molecular weight is 1450 g/mol. The van der Waals surface area contributed by atoms with Crippen molar-refractivity contribution < 1.29 is 51.6 Å². The zero-order valence-corrected chi connectivity index (χ0v) is 59.1. The van der Waals surface area contributed by atoms with Crippen molar-refractivity contribution in [3.05, 3.63) is 156 Å². The van der Waals surface area contributed by atoms with Gasteiger partial charge in [-0.3, -0.25) is 4.90 Å². The predicted molar refractivity (Wildman–Crippen MR) is 359 cm³/mol. The highest BCUT2D eigenvalue weighted by molar-refractivity contribution is 6.67. The lowest BCUT2D eigenvalue weighted by molar-refractivity contribution is 0.0341. The number of nitrogens with zero attached hydrogens (tertiary/aromatic N) is 5. The summed E-state index contributed by atoms with van der Waals surface area (Å²) in [4.78, 5) is 59.3. The summed E-state index contributed by atoms with van der Waals surface area (Å²) in [6, 6.07) is 38.5. The van der Waals surface area contributed by atoms with E-state index in [1.165, 1.54) is 0 Å². The lowest BCUT2D eigenvalue weighted by atomic mass is 9.84. The molecule has 3 N–H and O–H groups in total. The summed E-state index contributed by atoms with van der Waals surface area (Å²) >= 11 is 47.7. The van der Waals surface area contributed by atoms with Crippen molar-refractivity contribution in [3.8, 4) is 22.5 Å². The first-order chi connectivity index (χ1) is 41.9. The molecule has 0 radical (unpaired) electrons. The Morgan fingerprint density at radius 3 is 1.21 bits per heavy atom. The number of nitrogens with one attached hydrogen (secondary N) is 3. The van der Waals surface area contributed by atoms with Crippen LogP contribution in [0.25, 0.3) is 22.5 Å². The Balaban J connectivity index is 0.000000332. The van der Waals surface area contributed by atoms with Gasteiger partial charge in [0.1, 0.15) is 35.2 Å². The molecule has 17 nitrogen and oxygen atoms in total. The van der Waals surface area contributed by atoms with Crippen molar-refractivity contribution in [2.75, 3.05) is 26.2 Å². The van der Waals surface area contributed by atoms with Crippen molar-refractivity contribution in [2.24, 2.45) is 10.8 Å². The standard InChI is InChI=1S/C31H38Cl3FN4O4.C29H39FN4O2.C3Cl6O3/c1-29(2,3)25(39(28(41)43-31(32,33)34)19-23(35)17-36-27(40)42-30(4,5)6)26-37-24(22-15-11-8-12-16-22)20-38(26)18-21-13-9-7-10-14-21;1-28(2,3)25(31-17-23(30)18-32-27(35)36-29(4,5)6)26-33-24(22-15-11-8-12-16-22)20-34(26)19-21-13-9-7-10-14-21;4-2(5,6)11-1(10)12-3(7,8)9/h7-16,20,23,25H,17-19H2,1-6H3,(H,36,40);7-16,20,23,25,31H,17-19H2,1-6H3,(H,32,35);/t23-,25+;23-,25-;/m10./s1. The molecule has 4 atom stereocenters. The summed E-state index contributed by atoms with van der Waals surface area (Å²) in [5, 5.41) is 8.31. The van der Waals surface area contributed by atoms with Crippen LogP contribution in [-0.4, -0.2) is 110 Å². The summed E-state index contributed by atoms with van der Waals surface area (Å²) in [5.74, 6) is 1.32. The molecular formula is C63H77Cl9F2N8O9. The third kappa shape index (κ3) is 30.2. The zero-order chi connectivity index (χ0) is 68.3. The number of halogens is 11. The molecule has 0 fully saturated rings. The number of rotatable bonds is 18. The number of imidazole rings is 2. The van der Waals surface area contributed by atoms with Crippen LogP contribution in [0.1, 0.15) is 118 Å². The van der Waals surface area contributed by atoms with Gasteiger partial charge in [-0.15, -0.1) is 0 Å². The summed E-state index contributed by atoms with van der Waals surface area (Å²) in [5.41, 5.74) is 3.25. The Labute approximate surface area is 576 Å². The van der Waals surface area contributed by atoms with Gasteiger partial charge < -0.3 is 48.8 Å². The normalized spacial score (nSPS) is 13.5. The van der Waals surface area contributed by atoms with Crippen LogP contribution in [0.15, 0.2) is 134 Å². The van der Waals surface area contributed by atoms with Crippen molar-refractivity contribution in [3.63, 3.8) is 0 Å². The number of amides is 3. The first kappa shape index (κ1) is 78.3.